The molecule has 0 fully saturated rings. The number of aryl methyl sites for hydroxylation is 3. The largest absolute Gasteiger partial charge is 0.357 e. The third-order valence-electron chi connectivity index (χ3n) is 4.05. The second-order valence-electron chi connectivity index (χ2n) is 6.18. The lowest BCUT2D eigenvalue weighted by Crippen LogP contribution is -2.36. The Hall–Kier alpha value is -1.52. The first-order valence-electron chi connectivity index (χ1n) is 9.03. The highest BCUT2D eigenvalue weighted by molar-refractivity contribution is 14.0. The van der Waals surface area contributed by atoms with E-state index in [4.69, 9.17) is 9.98 Å². The standard InChI is InChI=1S/C20H25N5S2.HI/c1-5-21-20(22-11-17-13(2)24-15(4)26-17)23-12-18-14(3)25-19(27-18)16-9-7-6-8-10-16;/h6-10H,5,11-12H2,1-4H3,(H2,21,22,23);1H. The Kier molecular flexibility index (Phi) is 8.84. The molecule has 0 aliphatic heterocycles. The zero-order chi connectivity index (χ0) is 19.2. The third kappa shape index (κ3) is 5.99. The molecular formula is C20H26IN5S2. The summed E-state index contributed by atoms with van der Waals surface area (Å²) < 4.78 is 0. The molecule has 0 atom stereocenters. The van der Waals surface area contributed by atoms with E-state index in [-0.39, 0.29) is 24.0 Å². The zero-order valence-electron chi connectivity index (χ0n) is 16.6. The summed E-state index contributed by atoms with van der Waals surface area (Å²) in [6, 6.07) is 10.3. The summed E-state index contributed by atoms with van der Waals surface area (Å²) in [5, 5.41) is 8.89. The van der Waals surface area contributed by atoms with Crippen LogP contribution in [0.5, 0.6) is 0 Å². The van der Waals surface area contributed by atoms with Crippen LogP contribution in [-0.2, 0) is 13.1 Å². The molecule has 0 saturated heterocycles. The Labute approximate surface area is 191 Å². The van der Waals surface area contributed by atoms with Gasteiger partial charge in [-0.05, 0) is 27.7 Å². The summed E-state index contributed by atoms with van der Waals surface area (Å²) in [7, 11) is 0. The highest BCUT2D eigenvalue weighted by atomic mass is 127. The van der Waals surface area contributed by atoms with Crippen LogP contribution in [0.25, 0.3) is 10.6 Å². The van der Waals surface area contributed by atoms with Crippen LogP contribution >= 0.6 is 46.7 Å². The summed E-state index contributed by atoms with van der Waals surface area (Å²) in [5.41, 5.74) is 3.30. The molecule has 2 aromatic heterocycles. The Bertz CT molecular complexity index is 918. The van der Waals surface area contributed by atoms with Gasteiger partial charge >= 0.3 is 0 Å². The third-order valence-corrected chi connectivity index (χ3v) is 6.32. The highest BCUT2D eigenvalue weighted by Crippen LogP contribution is 2.27. The van der Waals surface area contributed by atoms with Gasteiger partial charge in [0.25, 0.3) is 0 Å². The van der Waals surface area contributed by atoms with Gasteiger partial charge in [-0.3, -0.25) is 0 Å². The van der Waals surface area contributed by atoms with Gasteiger partial charge in [-0.2, -0.15) is 0 Å². The molecule has 0 unspecified atom stereocenters. The average Bonchev–Trinajstić information content (AvgIpc) is 3.19. The molecule has 2 N–H and O–H groups in total. The van der Waals surface area contributed by atoms with Gasteiger partial charge in [0.15, 0.2) is 5.96 Å². The van der Waals surface area contributed by atoms with Crippen molar-refractivity contribution in [2.24, 2.45) is 4.99 Å². The number of nitrogens with one attached hydrogen (secondary N) is 2. The maximum Gasteiger partial charge on any atom is 0.191 e. The van der Waals surface area contributed by atoms with Crippen LogP contribution in [0, 0.1) is 20.8 Å². The summed E-state index contributed by atoms with van der Waals surface area (Å²) in [4.78, 5) is 16.4. The minimum absolute atomic E-state index is 0. The molecular weight excluding hydrogens is 501 g/mol. The summed E-state index contributed by atoms with van der Waals surface area (Å²) in [6.45, 7) is 10.4. The molecule has 1 aromatic carbocycles. The molecule has 28 heavy (non-hydrogen) atoms. The smallest absolute Gasteiger partial charge is 0.191 e. The van der Waals surface area contributed by atoms with E-state index < -0.39 is 0 Å². The van der Waals surface area contributed by atoms with E-state index >= 15 is 0 Å². The Morgan fingerprint density at radius 1 is 0.964 bits per heavy atom. The van der Waals surface area contributed by atoms with Crippen molar-refractivity contribution in [2.75, 3.05) is 6.54 Å². The fourth-order valence-corrected chi connectivity index (χ4v) is 4.54. The molecule has 5 nitrogen and oxygen atoms in total. The predicted molar refractivity (Wildman–Crippen MR) is 131 cm³/mol. The minimum atomic E-state index is 0. The van der Waals surface area contributed by atoms with Crippen LogP contribution in [0.15, 0.2) is 35.3 Å². The molecule has 0 spiro atoms. The number of halogens is 1. The van der Waals surface area contributed by atoms with E-state index in [1.165, 1.54) is 9.75 Å². The Morgan fingerprint density at radius 3 is 2.32 bits per heavy atom. The predicted octanol–water partition coefficient (Wildman–Crippen LogP) is 5.07. The monoisotopic (exact) mass is 527 g/mol. The van der Waals surface area contributed by atoms with Gasteiger partial charge in [0.1, 0.15) is 5.01 Å². The lowest BCUT2D eigenvalue weighted by molar-refractivity contribution is 0.819. The number of benzene rings is 1. The van der Waals surface area contributed by atoms with E-state index in [1.54, 1.807) is 22.7 Å². The van der Waals surface area contributed by atoms with E-state index in [1.807, 2.05) is 32.0 Å². The van der Waals surface area contributed by atoms with Crippen LogP contribution in [0.4, 0.5) is 0 Å². The van der Waals surface area contributed by atoms with Crippen molar-refractivity contribution in [2.45, 2.75) is 40.8 Å². The van der Waals surface area contributed by atoms with Crippen molar-refractivity contribution in [3.05, 3.63) is 56.5 Å². The minimum Gasteiger partial charge on any atom is -0.357 e. The van der Waals surface area contributed by atoms with Crippen molar-refractivity contribution >= 4 is 52.6 Å². The molecule has 0 radical (unpaired) electrons. The topological polar surface area (TPSA) is 62.2 Å². The number of hydrogen-bond donors (Lipinski definition) is 2. The number of aromatic nitrogens is 2. The molecule has 3 aromatic rings. The van der Waals surface area contributed by atoms with E-state index in [2.05, 4.69) is 41.6 Å². The summed E-state index contributed by atoms with van der Waals surface area (Å²) >= 11 is 3.44. The van der Waals surface area contributed by atoms with Gasteiger partial charge in [-0.15, -0.1) is 46.7 Å². The summed E-state index contributed by atoms with van der Waals surface area (Å²) in [6.07, 6.45) is 0. The van der Waals surface area contributed by atoms with E-state index in [0.717, 1.165) is 39.5 Å². The zero-order valence-corrected chi connectivity index (χ0v) is 20.5. The van der Waals surface area contributed by atoms with Crippen LogP contribution in [-0.4, -0.2) is 22.5 Å². The first kappa shape index (κ1) is 22.8. The lowest BCUT2D eigenvalue weighted by Gasteiger charge is -2.10. The number of thiazole rings is 2. The molecule has 2 heterocycles. The van der Waals surface area contributed by atoms with Gasteiger partial charge in [-0.1, -0.05) is 30.3 Å². The van der Waals surface area contributed by atoms with E-state index in [9.17, 15) is 0 Å². The Morgan fingerprint density at radius 2 is 1.68 bits per heavy atom. The van der Waals surface area contributed by atoms with Gasteiger partial charge in [0, 0.05) is 21.9 Å². The highest BCUT2D eigenvalue weighted by Gasteiger charge is 2.10. The van der Waals surface area contributed by atoms with Crippen molar-refractivity contribution in [3.63, 3.8) is 0 Å². The van der Waals surface area contributed by atoms with Gasteiger partial charge in [-0.25, -0.2) is 15.0 Å². The number of nitrogens with zero attached hydrogens (tertiary/aromatic N) is 3. The van der Waals surface area contributed by atoms with Crippen LogP contribution in [0.1, 0.15) is 33.1 Å². The Balaban J connectivity index is 0.00000280. The van der Waals surface area contributed by atoms with Crippen LogP contribution in [0.3, 0.4) is 0 Å². The lowest BCUT2D eigenvalue weighted by atomic mass is 10.2. The second-order valence-corrected chi connectivity index (χ2v) is 8.56. The van der Waals surface area contributed by atoms with Crippen molar-refractivity contribution in [1.82, 2.24) is 20.6 Å². The number of guanidine groups is 1. The molecule has 150 valence electrons. The maximum absolute atomic E-state index is 4.72. The second kappa shape index (κ2) is 10.9. The molecule has 0 aliphatic rings. The summed E-state index contributed by atoms with van der Waals surface area (Å²) in [5.74, 6) is 0.817. The molecule has 0 aliphatic carbocycles. The van der Waals surface area contributed by atoms with Crippen molar-refractivity contribution in [1.29, 1.82) is 0 Å². The molecule has 0 saturated carbocycles. The van der Waals surface area contributed by atoms with Gasteiger partial charge in [0.2, 0.25) is 0 Å². The molecule has 3 rings (SSSR count). The van der Waals surface area contributed by atoms with Crippen molar-refractivity contribution in [3.8, 4) is 10.6 Å². The number of aliphatic imine (C=N–C) groups is 1. The normalized spacial score (nSPS) is 11.2. The maximum atomic E-state index is 4.72. The quantitative estimate of drug-likeness (QED) is 0.267. The molecule has 0 amide bonds. The van der Waals surface area contributed by atoms with Crippen LogP contribution < -0.4 is 10.6 Å². The van der Waals surface area contributed by atoms with Crippen LogP contribution in [0.2, 0.25) is 0 Å². The SMILES string of the molecule is CCNC(=NCc1sc(C)nc1C)NCc1sc(-c2ccccc2)nc1C.I. The molecule has 0 bridgehead atoms. The fourth-order valence-electron chi connectivity index (χ4n) is 2.67. The number of hydrogen-bond acceptors (Lipinski definition) is 5. The van der Waals surface area contributed by atoms with Gasteiger partial charge < -0.3 is 10.6 Å². The average molecular weight is 528 g/mol. The van der Waals surface area contributed by atoms with Gasteiger partial charge in [0.05, 0.1) is 29.5 Å². The fraction of sp³-hybridized carbons (Fsp3) is 0.350. The molecule has 8 heteroatoms. The van der Waals surface area contributed by atoms with E-state index in [0.29, 0.717) is 13.1 Å². The first-order valence-corrected chi connectivity index (χ1v) is 10.7. The van der Waals surface area contributed by atoms with Crippen molar-refractivity contribution < 1.29 is 0 Å². The first-order chi connectivity index (χ1) is 13.1. The number of rotatable bonds is 6.